The molecule has 0 spiro atoms. The third-order valence-electron chi connectivity index (χ3n) is 4.15. The Balaban J connectivity index is 2.50. The normalized spacial score (nSPS) is 10.8. The number of hydrogen-bond donors (Lipinski definition) is 1. The first-order chi connectivity index (χ1) is 11.4. The van der Waals surface area contributed by atoms with E-state index in [0.29, 0.717) is 36.1 Å². The van der Waals surface area contributed by atoms with Gasteiger partial charge in [-0.2, -0.15) is 0 Å². The third kappa shape index (κ3) is 6.70. The van der Waals surface area contributed by atoms with E-state index in [-0.39, 0.29) is 17.7 Å². The molecule has 1 N–H and O–H groups in total. The Labute approximate surface area is 154 Å². The highest BCUT2D eigenvalue weighted by atomic mass is 35.5. The van der Waals surface area contributed by atoms with E-state index in [4.69, 9.17) is 23.2 Å². The molecule has 0 aromatic heterocycles. The van der Waals surface area contributed by atoms with Gasteiger partial charge in [0.2, 0.25) is 11.8 Å². The third-order valence-corrected chi connectivity index (χ3v) is 4.74. The molecule has 0 heterocycles. The number of halogens is 2. The first-order valence-electron chi connectivity index (χ1n) is 8.36. The van der Waals surface area contributed by atoms with Crippen molar-refractivity contribution in [3.63, 3.8) is 0 Å². The fourth-order valence-electron chi connectivity index (χ4n) is 2.52. The van der Waals surface area contributed by atoms with E-state index < -0.39 is 0 Å². The Bertz CT molecular complexity index is 560. The van der Waals surface area contributed by atoms with Gasteiger partial charge in [-0.1, -0.05) is 43.1 Å². The van der Waals surface area contributed by atoms with Crippen LogP contribution in [-0.2, 0) is 16.0 Å². The maximum atomic E-state index is 12.0. The topological polar surface area (TPSA) is 49.4 Å². The van der Waals surface area contributed by atoms with Crippen LogP contribution in [0.3, 0.4) is 0 Å². The molecule has 24 heavy (non-hydrogen) atoms. The summed E-state index contributed by atoms with van der Waals surface area (Å²) in [5.74, 6) is 0.0877. The van der Waals surface area contributed by atoms with Crippen LogP contribution in [0.5, 0.6) is 0 Å². The number of carbonyl (C=O) groups excluding carboxylic acids is 2. The number of rotatable bonds is 9. The summed E-state index contributed by atoms with van der Waals surface area (Å²) >= 11 is 12.0. The minimum atomic E-state index is -0.0168. The highest BCUT2D eigenvalue weighted by molar-refractivity contribution is 6.35. The molecule has 1 rings (SSSR count). The molecule has 0 bridgehead atoms. The van der Waals surface area contributed by atoms with Gasteiger partial charge >= 0.3 is 0 Å². The zero-order valence-corrected chi connectivity index (χ0v) is 16.1. The molecule has 0 saturated heterocycles. The molecule has 0 aliphatic heterocycles. The van der Waals surface area contributed by atoms with Crippen molar-refractivity contribution in [3.8, 4) is 0 Å². The zero-order chi connectivity index (χ0) is 18.1. The van der Waals surface area contributed by atoms with Crippen LogP contribution in [0.4, 0.5) is 0 Å². The van der Waals surface area contributed by atoms with Gasteiger partial charge in [0.25, 0.3) is 0 Å². The van der Waals surface area contributed by atoms with Gasteiger partial charge in [0, 0.05) is 42.5 Å². The molecule has 2 amide bonds. The van der Waals surface area contributed by atoms with Gasteiger partial charge < -0.3 is 10.2 Å². The fourth-order valence-corrected chi connectivity index (χ4v) is 3.03. The molecule has 1 aromatic rings. The summed E-state index contributed by atoms with van der Waals surface area (Å²) < 4.78 is 0. The minimum absolute atomic E-state index is 0.0168. The number of hydrogen-bond acceptors (Lipinski definition) is 2. The van der Waals surface area contributed by atoms with Gasteiger partial charge in [-0.05, 0) is 37.0 Å². The Morgan fingerprint density at radius 1 is 1.17 bits per heavy atom. The van der Waals surface area contributed by atoms with Crippen LogP contribution < -0.4 is 5.32 Å². The van der Waals surface area contributed by atoms with E-state index in [9.17, 15) is 9.59 Å². The molecule has 0 atom stereocenters. The lowest BCUT2D eigenvalue weighted by atomic mass is 10.0. The monoisotopic (exact) mass is 372 g/mol. The minimum Gasteiger partial charge on any atom is -0.354 e. The lowest BCUT2D eigenvalue weighted by Gasteiger charge is -2.22. The summed E-state index contributed by atoms with van der Waals surface area (Å²) in [6.07, 6.45) is 2.30. The molecular formula is C18H26Cl2N2O2. The molecule has 1 aromatic carbocycles. The number of nitrogens with zero attached hydrogens (tertiary/aromatic N) is 1. The highest BCUT2D eigenvalue weighted by Gasteiger charge is 2.15. The maximum absolute atomic E-state index is 12.0. The second kappa shape index (κ2) is 10.6. The van der Waals surface area contributed by atoms with Crippen LogP contribution in [0, 0.1) is 5.92 Å². The first kappa shape index (κ1) is 20.8. The lowest BCUT2D eigenvalue weighted by Crippen LogP contribution is -2.40. The van der Waals surface area contributed by atoms with E-state index in [1.807, 2.05) is 19.9 Å². The van der Waals surface area contributed by atoms with Crippen molar-refractivity contribution in [2.24, 2.45) is 5.92 Å². The molecule has 4 nitrogen and oxygen atoms in total. The van der Waals surface area contributed by atoms with Crippen LogP contribution in [0.15, 0.2) is 18.2 Å². The van der Waals surface area contributed by atoms with Crippen molar-refractivity contribution in [1.82, 2.24) is 10.2 Å². The van der Waals surface area contributed by atoms with Gasteiger partial charge in [-0.3, -0.25) is 9.59 Å². The average Bonchev–Trinajstić information content (AvgIpc) is 2.53. The smallest absolute Gasteiger partial charge is 0.223 e. The van der Waals surface area contributed by atoms with Crippen LogP contribution >= 0.6 is 23.2 Å². The van der Waals surface area contributed by atoms with Gasteiger partial charge in [0.05, 0.1) is 0 Å². The van der Waals surface area contributed by atoms with Crippen molar-refractivity contribution in [1.29, 1.82) is 0 Å². The number of benzene rings is 1. The summed E-state index contributed by atoms with van der Waals surface area (Å²) in [7, 11) is 0. The molecule has 6 heteroatoms. The van der Waals surface area contributed by atoms with E-state index in [2.05, 4.69) is 5.32 Å². The van der Waals surface area contributed by atoms with Gasteiger partial charge in [-0.15, -0.1) is 0 Å². The first-order valence-corrected chi connectivity index (χ1v) is 9.11. The predicted molar refractivity (Wildman–Crippen MR) is 99.5 cm³/mol. The molecule has 0 radical (unpaired) electrons. The Morgan fingerprint density at radius 3 is 2.38 bits per heavy atom. The second-order valence-electron chi connectivity index (χ2n) is 5.80. The van der Waals surface area contributed by atoms with Gasteiger partial charge in [0.1, 0.15) is 0 Å². The van der Waals surface area contributed by atoms with Crippen molar-refractivity contribution in [2.45, 2.75) is 40.0 Å². The van der Waals surface area contributed by atoms with E-state index in [1.54, 1.807) is 17.0 Å². The van der Waals surface area contributed by atoms with Crippen molar-refractivity contribution in [2.75, 3.05) is 19.6 Å². The van der Waals surface area contributed by atoms with Crippen LogP contribution in [0.1, 0.15) is 39.2 Å². The molecule has 134 valence electrons. The fraction of sp³-hybridized carbons (Fsp3) is 0.556. The Hall–Kier alpha value is -1.26. The molecule has 0 saturated carbocycles. The van der Waals surface area contributed by atoms with Crippen LogP contribution in [0.2, 0.25) is 10.0 Å². The number of nitrogens with one attached hydrogen (secondary N) is 1. The van der Waals surface area contributed by atoms with Crippen molar-refractivity contribution < 1.29 is 9.59 Å². The molecular weight excluding hydrogens is 347 g/mol. The van der Waals surface area contributed by atoms with E-state index >= 15 is 0 Å². The molecule has 0 aliphatic carbocycles. The van der Waals surface area contributed by atoms with Crippen molar-refractivity contribution >= 4 is 35.0 Å². The Kier molecular flexibility index (Phi) is 9.16. The standard InChI is InChI=1S/C18H26Cl2N2O2/c1-4-14(5-2)18(24)21-9-11-22(13(3)23)10-8-15-6-7-16(19)12-17(15)20/h6-7,12,14H,4-5,8-11H2,1-3H3,(H,21,24). The summed E-state index contributed by atoms with van der Waals surface area (Å²) in [4.78, 5) is 25.5. The van der Waals surface area contributed by atoms with Crippen molar-refractivity contribution in [3.05, 3.63) is 33.8 Å². The van der Waals surface area contributed by atoms with Gasteiger partial charge in [-0.25, -0.2) is 0 Å². The van der Waals surface area contributed by atoms with Crippen LogP contribution in [-0.4, -0.2) is 36.3 Å². The number of carbonyl (C=O) groups is 2. The summed E-state index contributed by atoms with van der Waals surface area (Å²) in [5.41, 5.74) is 0.952. The summed E-state index contributed by atoms with van der Waals surface area (Å²) in [5, 5.41) is 4.11. The number of amides is 2. The lowest BCUT2D eigenvalue weighted by molar-refractivity contribution is -0.130. The molecule has 0 aliphatic rings. The average molecular weight is 373 g/mol. The second-order valence-corrected chi connectivity index (χ2v) is 6.64. The van der Waals surface area contributed by atoms with Crippen LogP contribution in [0.25, 0.3) is 0 Å². The summed E-state index contributed by atoms with van der Waals surface area (Å²) in [6.45, 7) is 7.05. The van der Waals surface area contributed by atoms with Gasteiger partial charge in [0.15, 0.2) is 0 Å². The predicted octanol–water partition coefficient (Wildman–Crippen LogP) is 3.94. The van der Waals surface area contributed by atoms with E-state index in [1.165, 1.54) is 6.92 Å². The Morgan fingerprint density at radius 2 is 1.83 bits per heavy atom. The molecule has 0 unspecified atom stereocenters. The largest absolute Gasteiger partial charge is 0.354 e. The maximum Gasteiger partial charge on any atom is 0.223 e. The SMILES string of the molecule is CCC(CC)C(=O)NCCN(CCc1ccc(Cl)cc1Cl)C(C)=O. The van der Waals surface area contributed by atoms with E-state index in [0.717, 1.165) is 18.4 Å². The zero-order valence-electron chi connectivity index (χ0n) is 14.6. The quantitative estimate of drug-likeness (QED) is 0.713. The summed E-state index contributed by atoms with van der Waals surface area (Å²) in [6, 6.07) is 5.36. The molecule has 0 fully saturated rings. The highest BCUT2D eigenvalue weighted by Crippen LogP contribution is 2.21.